The van der Waals surface area contributed by atoms with Gasteiger partial charge in [-0.2, -0.15) is 0 Å². The van der Waals surface area contributed by atoms with Crippen LogP contribution in [0.2, 0.25) is 0 Å². The smallest absolute Gasteiger partial charge is 0.292 e. The molecule has 0 amide bonds. The van der Waals surface area contributed by atoms with Gasteiger partial charge in [-0.05, 0) is 42.3 Å². The van der Waals surface area contributed by atoms with Crippen molar-refractivity contribution in [2.24, 2.45) is 0 Å². The lowest BCUT2D eigenvalue weighted by Crippen LogP contribution is -2.16. The van der Waals surface area contributed by atoms with Crippen LogP contribution < -0.4 is 5.32 Å². The number of fused-ring (bicyclic) bond motifs is 1. The summed E-state index contributed by atoms with van der Waals surface area (Å²) in [5.41, 5.74) is 2.05. The minimum atomic E-state index is -0.334. The van der Waals surface area contributed by atoms with Crippen molar-refractivity contribution in [1.82, 2.24) is 0 Å². The number of hydrogen-bond acceptors (Lipinski definition) is 4. The standard InChI is InChI=1S/C14H14N2O2S/c17-16(18)13-6-2-1-4-12(13)15-11-5-3-7-14-10(11)8-9-19-14/h1-2,4,6,8-9,11,15H,3,5,7H2. The topological polar surface area (TPSA) is 55.2 Å². The molecular weight excluding hydrogens is 260 g/mol. The Kier molecular flexibility index (Phi) is 3.21. The third-order valence-corrected chi connectivity index (χ3v) is 4.48. The lowest BCUT2D eigenvalue weighted by molar-refractivity contribution is -0.384. The fourth-order valence-corrected chi connectivity index (χ4v) is 3.57. The van der Waals surface area contributed by atoms with Crippen LogP contribution in [-0.2, 0) is 6.42 Å². The van der Waals surface area contributed by atoms with Crippen molar-refractivity contribution in [3.8, 4) is 0 Å². The average Bonchev–Trinajstić information content (AvgIpc) is 2.88. The zero-order valence-corrected chi connectivity index (χ0v) is 11.2. The molecule has 1 atom stereocenters. The molecule has 1 aromatic heterocycles. The molecule has 0 saturated carbocycles. The number of anilines is 1. The van der Waals surface area contributed by atoms with Crippen LogP contribution in [0, 0.1) is 10.1 Å². The molecule has 3 rings (SSSR count). The first-order valence-corrected chi connectivity index (χ1v) is 7.20. The van der Waals surface area contributed by atoms with E-state index >= 15 is 0 Å². The minimum Gasteiger partial charge on any atom is -0.373 e. The normalized spacial score (nSPS) is 17.8. The Morgan fingerprint density at radius 1 is 1.32 bits per heavy atom. The van der Waals surface area contributed by atoms with Gasteiger partial charge in [0.1, 0.15) is 5.69 Å². The average molecular weight is 274 g/mol. The van der Waals surface area contributed by atoms with Crippen LogP contribution >= 0.6 is 11.3 Å². The molecule has 1 heterocycles. The van der Waals surface area contributed by atoms with E-state index in [-0.39, 0.29) is 16.7 Å². The molecule has 0 aliphatic heterocycles. The molecule has 2 aromatic rings. The van der Waals surface area contributed by atoms with Gasteiger partial charge in [0, 0.05) is 10.9 Å². The van der Waals surface area contributed by atoms with Crippen molar-refractivity contribution in [3.05, 3.63) is 56.3 Å². The number of nitrogens with one attached hydrogen (secondary N) is 1. The van der Waals surface area contributed by atoms with Gasteiger partial charge in [0.2, 0.25) is 0 Å². The lowest BCUT2D eigenvalue weighted by atomic mass is 9.94. The second kappa shape index (κ2) is 5.01. The van der Waals surface area contributed by atoms with E-state index in [0.717, 1.165) is 19.3 Å². The Bertz CT molecular complexity index is 609. The van der Waals surface area contributed by atoms with Crippen molar-refractivity contribution >= 4 is 22.7 Å². The number of rotatable bonds is 3. The van der Waals surface area contributed by atoms with Crippen LogP contribution in [0.15, 0.2) is 35.7 Å². The van der Waals surface area contributed by atoms with Crippen LogP contribution in [0.4, 0.5) is 11.4 Å². The van der Waals surface area contributed by atoms with Gasteiger partial charge in [-0.25, -0.2) is 0 Å². The zero-order chi connectivity index (χ0) is 13.2. The molecule has 0 fully saturated rings. The second-order valence-corrected chi connectivity index (χ2v) is 5.66. The number of aryl methyl sites for hydroxylation is 1. The molecule has 0 bridgehead atoms. The van der Waals surface area contributed by atoms with Gasteiger partial charge in [-0.1, -0.05) is 12.1 Å². The Morgan fingerprint density at radius 3 is 3.00 bits per heavy atom. The van der Waals surface area contributed by atoms with Gasteiger partial charge < -0.3 is 5.32 Å². The summed E-state index contributed by atoms with van der Waals surface area (Å²) in [5, 5.41) is 16.5. The first-order chi connectivity index (χ1) is 9.25. The first kappa shape index (κ1) is 12.2. The highest BCUT2D eigenvalue weighted by molar-refractivity contribution is 7.10. The maximum Gasteiger partial charge on any atom is 0.292 e. The van der Waals surface area contributed by atoms with E-state index in [0.29, 0.717) is 5.69 Å². The Balaban J connectivity index is 1.90. The summed E-state index contributed by atoms with van der Waals surface area (Å²) in [7, 11) is 0. The fourth-order valence-electron chi connectivity index (χ4n) is 2.58. The van der Waals surface area contributed by atoms with E-state index in [1.165, 1.54) is 10.4 Å². The van der Waals surface area contributed by atoms with E-state index in [1.807, 2.05) is 6.07 Å². The molecule has 0 spiro atoms. The SMILES string of the molecule is O=[N+]([O-])c1ccccc1NC1CCCc2sccc21. The summed E-state index contributed by atoms with van der Waals surface area (Å²) in [6.07, 6.45) is 3.28. The van der Waals surface area contributed by atoms with Crippen LogP contribution in [0.1, 0.15) is 29.3 Å². The summed E-state index contributed by atoms with van der Waals surface area (Å²) in [6.45, 7) is 0. The third-order valence-electron chi connectivity index (χ3n) is 3.48. The molecule has 1 unspecified atom stereocenters. The van der Waals surface area contributed by atoms with Gasteiger partial charge in [0.05, 0.1) is 11.0 Å². The van der Waals surface area contributed by atoms with E-state index in [2.05, 4.69) is 16.8 Å². The monoisotopic (exact) mass is 274 g/mol. The van der Waals surface area contributed by atoms with Gasteiger partial charge in [-0.3, -0.25) is 10.1 Å². The van der Waals surface area contributed by atoms with E-state index in [1.54, 1.807) is 29.5 Å². The largest absolute Gasteiger partial charge is 0.373 e. The summed E-state index contributed by atoms with van der Waals surface area (Å²) in [4.78, 5) is 12.1. The van der Waals surface area contributed by atoms with Gasteiger partial charge in [0.25, 0.3) is 5.69 Å². The first-order valence-electron chi connectivity index (χ1n) is 6.32. The predicted octanol–water partition coefficient (Wildman–Crippen LogP) is 4.15. The van der Waals surface area contributed by atoms with Crippen LogP contribution in [0.25, 0.3) is 0 Å². The number of thiophene rings is 1. The van der Waals surface area contributed by atoms with Crippen molar-refractivity contribution in [2.45, 2.75) is 25.3 Å². The Morgan fingerprint density at radius 2 is 2.16 bits per heavy atom. The molecule has 4 nitrogen and oxygen atoms in total. The predicted molar refractivity (Wildman–Crippen MR) is 76.7 cm³/mol. The van der Waals surface area contributed by atoms with Gasteiger partial charge >= 0.3 is 0 Å². The number of benzene rings is 1. The lowest BCUT2D eigenvalue weighted by Gasteiger charge is -2.24. The second-order valence-electron chi connectivity index (χ2n) is 4.66. The van der Waals surface area contributed by atoms with E-state index < -0.39 is 0 Å². The fraction of sp³-hybridized carbons (Fsp3) is 0.286. The highest BCUT2D eigenvalue weighted by atomic mass is 32.1. The molecule has 1 aromatic carbocycles. The molecule has 5 heteroatoms. The highest BCUT2D eigenvalue weighted by Crippen LogP contribution is 2.37. The highest BCUT2D eigenvalue weighted by Gasteiger charge is 2.23. The number of nitrogens with zero attached hydrogens (tertiary/aromatic N) is 1. The molecule has 1 aliphatic rings. The number of para-hydroxylation sites is 2. The van der Waals surface area contributed by atoms with E-state index in [9.17, 15) is 10.1 Å². The van der Waals surface area contributed by atoms with Crippen molar-refractivity contribution in [2.75, 3.05) is 5.32 Å². The van der Waals surface area contributed by atoms with Crippen molar-refractivity contribution in [1.29, 1.82) is 0 Å². The number of nitro groups is 1. The van der Waals surface area contributed by atoms with Crippen molar-refractivity contribution in [3.63, 3.8) is 0 Å². The van der Waals surface area contributed by atoms with Crippen LogP contribution in [-0.4, -0.2) is 4.92 Å². The summed E-state index contributed by atoms with van der Waals surface area (Å²) < 4.78 is 0. The maximum atomic E-state index is 11.0. The van der Waals surface area contributed by atoms with Crippen molar-refractivity contribution < 1.29 is 4.92 Å². The molecule has 1 N–H and O–H groups in total. The quantitative estimate of drug-likeness (QED) is 0.675. The number of nitro benzene ring substituents is 1. The molecule has 0 saturated heterocycles. The van der Waals surface area contributed by atoms with Crippen LogP contribution in [0.5, 0.6) is 0 Å². The number of hydrogen-bond donors (Lipinski definition) is 1. The molecule has 98 valence electrons. The molecule has 1 aliphatic carbocycles. The molecule has 19 heavy (non-hydrogen) atoms. The molecule has 0 radical (unpaired) electrons. The summed E-state index contributed by atoms with van der Waals surface area (Å²) in [5.74, 6) is 0. The van der Waals surface area contributed by atoms with E-state index in [4.69, 9.17) is 0 Å². The Labute approximate surface area is 115 Å². The molecular formula is C14H14N2O2S. The van der Waals surface area contributed by atoms with Crippen LogP contribution in [0.3, 0.4) is 0 Å². The van der Waals surface area contributed by atoms with Gasteiger partial charge in [-0.15, -0.1) is 11.3 Å². The minimum absolute atomic E-state index is 0.143. The summed E-state index contributed by atoms with van der Waals surface area (Å²) in [6, 6.07) is 9.16. The maximum absolute atomic E-state index is 11.0. The zero-order valence-electron chi connectivity index (χ0n) is 10.3. The van der Waals surface area contributed by atoms with Gasteiger partial charge in [0.15, 0.2) is 0 Å². The summed E-state index contributed by atoms with van der Waals surface area (Å²) >= 11 is 1.78. The Hall–Kier alpha value is -1.88. The third kappa shape index (κ3) is 2.33.